The molecule has 1 fully saturated rings. The lowest BCUT2D eigenvalue weighted by atomic mass is 10.1. The van der Waals surface area contributed by atoms with Gasteiger partial charge in [-0.25, -0.2) is 9.97 Å². The minimum atomic E-state index is 0.450. The van der Waals surface area contributed by atoms with E-state index in [4.69, 9.17) is 0 Å². The van der Waals surface area contributed by atoms with Crippen LogP contribution in [0.1, 0.15) is 45.1 Å². The summed E-state index contributed by atoms with van der Waals surface area (Å²) in [6, 6.07) is 0. The second-order valence-corrected chi connectivity index (χ2v) is 6.74. The van der Waals surface area contributed by atoms with E-state index in [1.165, 1.54) is 18.4 Å². The van der Waals surface area contributed by atoms with E-state index in [-0.39, 0.29) is 0 Å². The van der Waals surface area contributed by atoms with Crippen LogP contribution in [-0.4, -0.2) is 34.1 Å². The summed E-state index contributed by atoms with van der Waals surface area (Å²) in [6.45, 7) is 6.34. The van der Waals surface area contributed by atoms with E-state index in [9.17, 15) is 0 Å². The molecule has 0 radical (unpaired) electrons. The quantitative estimate of drug-likeness (QED) is 0.729. The first-order chi connectivity index (χ1) is 9.74. The second kappa shape index (κ2) is 7.16. The Morgan fingerprint density at radius 1 is 1.15 bits per heavy atom. The molecule has 0 unspecified atom stereocenters. The third kappa shape index (κ3) is 3.78. The van der Waals surface area contributed by atoms with Gasteiger partial charge in [0.15, 0.2) is 0 Å². The summed E-state index contributed by atoms with van der Waals surface area (Å²) in [5.41, 5.74) is 1.24. The largest absolute Gasteiger partial charge is 0.370 e. The summed E-state index contributed by atoms with van der Waals surface area (Å²) in [6.07, 6.45) is 9.73. The van der Waals surface area contributed by atoms with Crippen molar-refractivity contribution in [1.29, 1.82) is 0 Å². The summed E-state index contributed by atoms with van der Waals surface area (Å²) in [5.74, 6) is 2.01. The maximum Gasteiger partial charge on any atom is 0.134 e. The summed E-state index contributed by atoms with van der Waals surface area (Å²) in [4.78, 5) is 8.87. The highest BCUT2D eigenvalue weighted by atomic mass is 32.2. The van der Waals surface area contributed by atoms with Crippen LogP contribution in [0.15, 0.2) is 6.33 Å². The molecule has 0 aliphatic heterocycles. The molecular formula is C15H26N4S. The van der Waals surface area contributed by atoms with Crippen LogP contribution >= 0.6 is 11.8 Å². The molecule has 0 spiro atoms. The molecule has 1 aromatic rings. The Bertz CT molecular complexity index is 432. The second-order valence-electron chi connectivity index (χ2n) is 5.47. The van der Waals surface area contributed by atoms with Crippen molar-refractivity contribution in [3.8, 4) is 0 Å². The van der Waals surface area contributed by atoms with Crippen molar-refractivity contribution in [2.75, 3.05) is 30.0 Å². The van der Waals surface area contributed by atoms with Crippen molar-refractivity contribution in [2.24, 2.45) is 0 Å². The van der Waals surface area contributed by atoms with Crippen LogP contribution in [0.5, 0.6) is 0 Å². The van der Waals surface area contributed by atoms with E-state index in [0.717, 1.165) is 44.0 Å². The zero-order valence-electron chi connectivity index (χ0n) is 12.8. The Morgan fingerprint density at radius 2 is 1.85 bits per heavy atom. The van der Waals surface area contributed by atoms with Gasteiger partial charge in [-0.3, -0.25) is 0 Å². The highest BCUT2D eigenvalue weighted by molar-refractivity contribution is 8.00. The van der Waals surface area contributed by atoms with Gasteiger partial charge in [0.2, 0.25) is 0 Å². The maximum absolute atomic E-state index is 4.46. The molecule has 5 heteroatoms. The maximum atomic E-state index is 4.46. The van der Waals surface area contributed by atoms with Gasteiger partial charge in [-0.05, 0) is 31.9 Å². The van der Waals surface area contributed by atoms with Crippen LogP contribution in [0.4, 0.5) is 11.6 Å². The Kier molecular flexibility index (Phi) is 5.52. The molecule has 1 aromatic heterocycles. The standard InChI is InChI=1S/C15H26N4S/c1-4-6-12-13(16-9-5-2)18-11-19-14(12)17-10-15(20-3)7-8-15/h11H,4-10H2,1-3H3,(H2,16,17,18,19). The average Bonchev–Trinajstić information content (AvgIpc) is 3.25. The van der Waals surface area contributed by atoms with E-state index in [0.29, 0.717) is 4.75 Å². The molecule has 2 N–H and O–H groups in total. The zero-order chi connectivity index (χ0) is 14.4. The molecule has 0 amide bonds. The topological polar surface area (TPSA) is 49.8 Å². The number of anilines is 2. The van der Waals surface area contributed by atoms with Crippen molar-refractivity contribution >= 4 is 23.4 Å². The lowest BCUT2D eigenvalue weighted by Crippen LogP contribution is -2.20. The molecule has 0 bridgehead atoms. The van der Waals surface area contributed by atoms with Crippen LogP contribution in [0.2, 0.25) is 0 Å². The normalized spacial score (nSPS) is 15.9. The lowest BCUT2D eigenvalue weighted by molar-refractivity contribution is 0.876. The Labute approximate surface area is 126 Å². The van der Waals surface area contributed by atoms with Gasteiger partial charge in [0.25, 0.3) is 0 Å². The van der Waals surface area contributed by atoms with Gasteiger partial charge < -0.3 is 10.6 Å². The number of rotatable bonds is 9. The number of thioether (sulfide) groups is 1. The Hall–Kier alpha value is -0.970. The van der Waals surface area contributed by atoms with Crippen molar-refractivity contribution in [3.63, 3.8) is 0 Å². The van der Waals surface area contributed by atoms with Gasteiger partial charge in [-0.1, -0.05) is 20.3 Å². The smallest absolute Gasteiger partial charge is 0.134 e. The lowest BCUT2D eigenvalue weighted by Gasteiger charge is -2.18. The van der Waals surface area contributed by atoms with Crippen molar-refractivity contribution < 1.29 is 0 Å². The molecule has 4 nitrogen and oxygen atoms in total. The van der Waals surface area contributed by atoms with E-state index < -0.39 is 0 Å². The van der Waals surface area contributed by atoms with Gasteiger partial charge in [0.1, 0.15) is 18.0 Å². The Balaban J connectivity index is 2.09. The van der Waals surface area contributed by atoms with Crippen LogP contribution in [-0.2, 0) is 6.42 Å². The molecule has 1 aliphatic carbocycles. The fraction of sp³-hybridized carbons (Fsp3) is 0.733. The number of nitrogens with one attached hydrogen (secondary N) is 2. The highest BCUT2D eigenvalue weighted by Gasteiger charge is 2.41. The molecule has 112 valence electrons. The fourth-order valence-corrected chi connectivity index (χ4v) is 3.01. The minimum absolute atomic E-state index is 0.450. The van der Waals surface area contributed by atoms with Crippen LogP contribution in [0.3, 0.4) is 0 Å². The van der Waals surface area contributed by atoms with Crippen LogP contribution in [0.25, 0.3) is 0 Å². The number of hydrogen-bond donors (Lipinski definition) is 2. The van der Waals surface area contributed by atoms with Gasteiger partial charge in [-0.15, -0.1) is 0 Å². The van der Waals surface area contributed by atoms with E-state index in [1.54, 1.807) is 6.33 Å². The van der Waals surface area contributed by atoms with Crippen LogP contribution in [0, 0.1) is 0 Å². The summed E-state index contributed by atoms with van der Waals surface area (Å²) < 4.78 is 0.450. The molecule has 1 saturated carbocycles. The predicted octanol–water partition coefficient (Wildman–Crippen LogP) is 3.56. The first kappa shape index (κ1) is 15.4. The van der Waals surface area contributed by atoms with E-state index >= 15 is 0 Å². The monoisotopic (exact) mass is 294 g/mol. The first-order valence-electron chi connectivity index (χ1n) is 7.61. The van der Waals surface area contributed by atoms with Crippen LogP contribution < -0.4 is 10.6 Å². The molecule has 0 saturated heterocycles. The van der Waals surface area contributed by atoms with Crippen molar-refractivity contribution in [2.45, 2.75) is 50.7 Å². The molecular weight excluding hydrogens is 268 g/mol. The van der Waals surface area contributed by atoms with Gasteiger partial charge >= 0.3 is 0 Å². The SMILES string of the molecule is CCCNc1ncnc(NCC2(SC)CC2)c1CCC. The molecule has 1 heterocycles. The van der Waals surface area contributed by atoms with Gasteiger partial charge in [0.05, 0.1) is 0 Å². The summed E-state index contributed by atoms with van der Waals surface area (Å²) in [5, 5.41) is 6.98. The number of nitrogens with zero attached hydrogens (tertiary/aromatic N) is 2. The molecule has 20 heavy (non-hydrogen) atoms. The predicted molar refractivity (Wildman–Crippen MR) is 88.8 cm³/mol. The van der Waals surface area contributed by atoms with Crippen molar-refractivity contribution in [3.05, 3.63) is 11.9 Å². The molecule has 0 atom stereocenters. The van der Waals surface area contributed by atoms with Gasteiger partial charge in [-0.2, -0.15) is 11.8 Å². The highest BCUT2D eigenvalue weighted by Crippen LogP contribution is 2.47. The number of hydrogen-bond acceptors (Lipinski definition) is 5. The van der Waals surface area contributed by atoms with E-state index in [2.05, 4.69) is 40.7 Å². The summed E-state index contributed by atoms with van der Waals surface area (Å²) in [7, 11) is 0. The summed E-state index contributed by atoms with van der Waals surface area (Å²) >= 11 is 1.97. The Morgan fingerprint density at radius 3 is 2.40 bits per heavy atom. The fourth-order valence-electron chi connectivity index (χ4n) is 2.28. The minimum Gasteiger partial charge on any atom is -0.370 e. The first-order valence-corrected chi connectivity index (χ1v) is 8.84. The third-order valence-corrected chi connectivity index (χ3v) is 5.23. The van der Waals surface area contributed by atoms with Crippen molar-refractivity contribution in [1.82, 2.24) is 9.97 Å². The molecule has 1 aliphatic rings. The molecule has 0 aromatic carbocycles. The molecule has 2 rings (SSSR count). The number of aromatic nitrogens is 2. The third-order valence-electron chi connectivity index (χ3n) is 3.81. The van der Waals surface area contributed by atoms with Gasteiger partial charge in [0, 0.05) is 23.4 Å². The zero-order valence-corrected chi connectivity index (χ0v) is 13.6. The van der Waals surface area contributed by atoms with E-state index in [1.807, 2.05) is 11.8 Å². The average molecular weight is 294 g/mol.